The van der Waals surface area contributed by atoms with Crippen LogP contribution in [0.15, 0.2) is 18.2 Å². The molecule has 0 saturated heterocycles. The molecule has 1 aromatic carbocycles. The van der Waals surface area contributed by atoms with Crippen molar-refractivity contribution in [2.75, 3.05) is 0 Å². The zero-order chi connectivity index (χ0) is 13.8. The predicted octanol–water partition coefficient (Wildman–Crippen LogP) is 3.72. The summed E-state index contributed by atoms with van der Waals surface area (Å²) in [7, 11) is 0. The molecule has 3 heteroatoms. The lowest BCUT2D eigenvalue weighted by Gasteiger charge is -2.34. The third-order valence-corrected chi connectivity index (χ3v) is 4.38. The average Bonchev–Trinajstić information content (AvgIpc) is 2.39. The van der Waals surface area contributed by atoms with Crippen molar-refractivity contribution in [3.63, 3.8) is 0 Å². The van der Waals surface area contributed by atoms with Crippen molar-refractivity contribution in [1.29, 1.82) is 0 Å². The lowest BCUT2D eigenvalue weighted by atomic mass is 9.82. The lowest BCUT2D eigenvalue weighted by Crippen LogP contribution is -2.39. The van der Waals surface area contributed by atoms with E-state index in [1.165, 1.54) is 38.2 Å². The predicted molar refractivity (Wildman–Crippen MR) is 77.4 cm³/mol. The van der Waals surface area contributed by atoms with Gasteiger partial charge in [0.25, 0.3) is 0 Å². The molecule has 106 valence electrons. The van der Waals surface area contributed by atoms with Gasteiger partial charge in [0, 0.05) is 23.7 Å². The minimum Gasteiger partial charge on any atom is -0.508 e. The third-order valence-electron chi connectivity index (χ3n) is 4.38. The Labute approximate surface area is 115 Å². The number of rotatable bonds is 4. The van der Waals surface area contributed by atoms with E-state index in [9.17, 15) is 10.2 Å². The molecule has 3 atom stereocenters. The van der Waals surface area contributed by atoms with Crippen LogP contribution in [0, 0.1) is 5.92 Å². The molecule has 0 bridgehead atoms. The number of benzene rings is 1. The summed E-state index contributed by atoms with van der Waals surface area (Å²) >= 11 is 0. The molecule has 0 amide bonds. The van der Waals surface area contributed by atoms with Crippen molar-refractivity contribution in [1.82, 2.24) is 5.32 Å². The van der Waals surface area contributed by atoms with Crippen LogP contribution in [-0.2, 0) is 0 Å². The van der Waals surface area contributed by atoms with Gasteiger partial charge in [-0.1, -0.05) is 32.3 Å². The molecule has 1 fully saturated rings. The van der Waals surface area contributed by atoms with E-state index in [4.69, 9.17) is 0 Å². The van der Waals surface area contributed by atoms with Crippen LogP contribution in [0.1, 0.15) is 57.6 Å². The van der Waals surface area contributed by atoms with E-state index < -0.39 is 0 Å². The van der Waals surface area contributed by atoms with E-state index in [1.807, 2.05) is 0 Å². The van der Waals surface area contributed by atoms with Crippen LogP contribution in [0.4, 0.5) is 0 Å². The lowest BCUT2D eigenvalue weighted by molar-refractivity contribution is 0.239. The largest absolute Gasteiger partial charge is 0.508 e. The molecule has 3 nitrogen and oxygen atoms in total. The fourth-order valence-electron chi connectivity index (χ4n) is 3.22. The topological polar surface area (TPSA) is 52.5 Å². The van der Waals surface area contributed by atoms with Crippen LogP contribution >= 0.6 is 0 Å². The Morgan fingerprint density at radius 3 is 2.68 bits per heavy atom. The number of nitrogens with one attached hydrogen (secondary N) is 1. The maximum Gasteiger partial charge on any atom is 0.124 e. The van der Waals surface area contributed by atoms with Crippen molar-refractivity contribution in [3.8, 4) is 11.5 Å². The van der Waals surface area contributed by atoms with Gasteiger partial charge in [-0.25, -0.2) is 0 Å². The second kappa shape index (κ2) is 6.29. The standard InChI is InChI=1S/C16H25NO2/c1-3-12-6-4-5-7-15(12)17-11(2)14-9-8-13(18)10-16(14)19/h8-12,15,17-19H,3-7H2,1-2H3. The zero-order valence-electron chi connectivity index (χ0n) is 11.9. The third kappa shape index (κ3) is 3.41. The second-order valence-electron chi connectivity index (χ2n) is 5.69. The molecule has 3 unspecified atom stereocenters. The highest BCUT2D eigenvalue weighted by Crippen LogP contribution is 2.32. The Morgan fingerprint density at radius 2 is 2.00 bits per heavy atom. The summed E-state index contributed by atoms with van der Waals surface area (Å²) < 4.78 is 0. The number of phenolic OH excluding ortho intramolecular Hbond substituents is 2. The first-order valence-corrected chi connectivity index (χ1v) is 7.39. The average molecular weight is 263 g/mol. The number of aromatic hydroxyl groups is 2. The Balaban J connectivity index is 2.05. The van der Waals surface area contributed by atoms with Crippen LogP contribution in [0.5, 0.6) is 11.5 Å². The normalized spacial score (nSPS) is 25.2. The molecule has 1 saturated carbocycles. The smallest absolute Gasteiger partial charge is 0.124 e. The molecular weight excluding hydrogens is 238 g/mol. The first kappa shape index (κ1) is 14.2. The van der Waals surface area contributed by atoms with E-state index in [-0.39, 0.29) is 17.5 Å². The fourth-order valence-corrected chi connectivity index (χ4v) is 3.22. The first-order valence-electron chi connectivity index (χ1n) is 7.39. The summed E-state index contributed by atoms with van der Waals surface area (Å²) in [6, 6.07) is 5.49. The van der Waals surface area contributed by atoms with E-state index >= 15 is 0 Å². The molecule has 19 heavy (non-hydrogen) atoms. The van der Waals surface area contributed by atoms with E-state index in [0.29, 0.717) is 6.04 Å². The molecule has 1 aliphatic carbocycles. The maximum absolute atomic E-state index is 9.91. The molecule has 1 aliphatic rings. The van der Waals surface area contributed by atoms with Gasteiger partial charge in [0.05, 0.1) is 0 Å². The molecule has 3 N–H and O–H groups in total. The minimum absolute atomic E-state index is 0.109. The summed E-state index contributed by atoms with van der Waals surface area (Å²) in [5.74, 6) is 1.02. The molecule has 0 heterocycles. The SMILES string of the molecule is CCC1CCCCC1NC(C)c1ccc(O)cc1O. The number of hydrogen-bond donors (Lipinski definition) is 3. The van der Waals surface area contributed by atoms with Crippen LogP contribution < -0.4 is 5.32 Å². The van der Waals surface area contributed by atoms with Gasteiger partial charge in [-0.05, 0) is 31.7 Å². The quantitative estimate of drug-likeness (QED) is 0.776. The summed E-state index contributed by atoms with van der Waals surface area (Å²) in [5, 5.41) is 22.9. The van der Waals surface area contributed by atoms with Gasteiger partial charge in [-0.2, -0.15) is 0 Å². The van der Waals surface area contributed by atoms with Gasteiger partial charge in [0.1, 0.15) is 11.5 Å². The zero-order valence-corrected chi connectivity index (χ0v) is 11.9. The van der Waals surface area contributed by atoms with Gasteiger partial charge in [-0.3, -0.25) is 0 Å². The number of phenols is 2. The molecule has 0 spiro atoms. The van der Waals surface area contributed by atoms with Crippen molar-refractivity contribution >= 4 is 0 Å². The van der Waals surface area contributed by atoms with Crippen molar-refractivity contribution in [2.24, 2.45) is 5.92 Å². The molecule has 2 rings (SSSR count). The highest BCUT2D eigenvalue weighted by atomic mass is 16.3. The van der Waals surface area contributed by atoms with Gasteiger partial charge < -0.3 is 15.5 Å². The van der Waals surface area contributed by atoms with Crippen molar-refractivity contribution in [3.05, 3.63) is 23.8 Å². The van der Waals surface area contributed by atoms with Crippen LogP contribution in [0.25, 0.3) is 0 Å². The monoisotopic (exact) mass is 263 g/mol. The number of hydrogen-bond acceptors (Lipinski definition) is 3. The second-order valence-corrected chi connectivity index (χ2v) is 5.69. The molecular formula is C16H25NO2. The van der Waals surface area contributed by atoms with Gasteiger partial charge in [-0.15, -0.1) is 0 Å². The van der Waals surface area contributed by atoms with Gasteiger partial charge in [0.15, 0.2) is 0 Å². The molecule has 1 aromatic rings. The van der Waals surface area contributed by atoms with Crippen molar-refractivity contribution < 1.29 is 10.2 Å². The molecule has 0 radical (unpaired) electrons. The summed E-state index contributed by atoms with van der Waals surface area (Å²) in [4.78, 5) is 0. The van der Waals surface area contributed by atoms with Crippen LogP contribution in [0.3, 0.4) is 0 Å². The van der Waals surface area contributed by atoms with Crippen LogP contribution in [-0.4, -0.2) is 16.3 Å². The fraction of sp³-hybridized carbons (Fsp3) is 0.625. The Hall–Kier alpha value is -1.22. The van der Waals surface area contributed by atoms with E-state index in [1.54, 1.807) is 12.1 Å². The Bertz CT molecular complexity index is 419. The van der Waals surface area contributed by atoms with Crippen molar-refractivity contribution in [2.45, 2.75) is 58.0 Å². The highest BCUT2D eigenvalue weighted by molar-refractivity contribution is 5.40. The van der Waals surface area contributed by atoms with Gasteiger partial charge >= 0.3 is 0 Å². The van der Waals surface area contributed by atoms with E-state index in [0.717, 1.165) is 11.5 Å². The molecule has 0 aliphatic heterocycles. The van der Waals surface area contributed by atoms with Gasteiger partial charge in [0.2, 0.25) is 0 Å². The summed E-state index contributed by atoms with van der Waals surface area (Å²) in [6.07, 6.45) is 6.38. The van der Waals surface area contributed by atoms with Crippen LogP contribution in [0.2, 0.25) is 0 Å². The van der Waals surface area contributed by atoms with E-state index in [2.05, 4.69) is 19.2 Å². The summed E-state index contributed by atoms with van der Waals surface area (Å²) in [5.41, 5.74) is 0.859. The maximum atomic E-state index is 9.91. The first-order chi connectivity index (χ1) is 9.11. The Morgan fingerprint density at radius 1 is 1.26 bits per heavy atom. The molecule has 0 aromatic heterocycles. The highest BCUT2D eigenvalue weighted by Gasteiger charge is 2.25. The Kier molecular flexibility index (Phi) is 4.70. The minimum atomic E-state index is 0.109. The summed E-state index contributed by atoms with van der Waals surface area (Å²) in [6.45, 7) is 4.33.